The Hall–Kier alpha value is -2.00. The lowest BCUT2D eigenvalue weighted by Crippen LogP contribution is -2.07. The van der Waals surface area contributed by atoms with E-state index in [4.69, 9.17) is 0 Å². The number of rotatable bonds is 5. The minimum atomic E-state index is -0.511. The number of nitro benzene ring substituents is 1. The molecule has 0 fully saturated rings. The molecule has 20 heavy (non-hydrogen) atoms. The fourth-order valence-electron chi connectivity index (χ4n) is 1.36. The zero-order valence-electron chi connectivity index (χ0n) is 10.6. The van der Waals surface area contributed by atoms with Gasteiger partial charge in [0.25, 0.3) is 5.69 Å². The van der Waals surface area contributed by atoms with Crippen molar-refractivity contribution in [1.29, 1.82) is 0 Å². The molecule has 0 aliphatic carbocycles. The van der Waals surface area contributed by atoms with Gasteiger partial charge in [0.05, 0.1) is 9.82 Å². The lowest BCUT2D eigenvalue weighted by Gasteiger charge is -2.04. The molecule has 9 heteroatoms. The predicted molar refractivity (Wildman–Crippen MR) is 76.8 cm³/mol. The first-order valence-electron chi connectivity index (χ1n) is 5.43. The van der Waals surface area contributed by atoms with Crippen molar-refractivity contribution in [2.24, 2.45) is 0 Å². The van der Waals surface area contributed by atoms with E-state index in [9.17, 15) is 14.9 Å². The van der Waals surface area contributed by atoms with Gasteiger partial charge in [-0.1, -0.05) is 17.4 Å². The molecule has 0 aliphatic rings. The molecule has 0 unspecified atom stereocenters. The summed E-state index contributed by atoms with van der Waals surface area (Å²) in [6.07, 6.45) is 0.580. The second kappa shape index (κ2) is 5.97. The minimum Gasteiger partial charge on any atom is -0.353 e. The van der Waals surface area contributed by atoms with Gasteiger partial charge in [-0.05, 0) is 17.8 Å². The first kappa shape index (κ1) is 14.4. The van der Waals surface area contributed by atoms with Crippen LogP contribution in [0.3, 0.4) is 0 Å². The molecular weight excluding hydrogens is 300 g/mol. The van der Waals surface area contributed by atoms with E-state index in [1.165, 1.54) is 23.5 Å². The number of carbonyl (C=O) groups is 1. The number of nitro groups is 1. The topological polar surface area (TPSA) is 89.2 Å². The standard InChI is InChI=1S/C11H10N4O3S2/c1-14(2)10-12-13-11(20-10)19-9-4-3-7(6-16)5-8(9)15(17)18/h3-6H,1-2H3. The van der Waals surface area contributed by atoms with Crippen LogP contribution in [0.1, 0.15) is 10.4 Å². The SMILES string of the molecule is CN(C)c1nnc(Sc2ccc(C=O)cc2[N+](=O)[O-])s1. The summed E-state index contributed by atoms with van der Waals surface area (Å²) in [5.74, 6) is 0. The van der Waals surface area contributed by atoms with Crippen LogP contribution in [0.2, 0.25) is 0 Å². The van der Waals surface area contributed by atoms with Crippen molar-refractivity contribution in [3.63, 3.8) is 0 Å². The highest BCUT2D eigenvalue weighted by molar-refractivity contribution is 8.01. The van der Waals surface area contributed by atoms with Gasteiger partial charge in [0, 0.05) is 25.7 Å². The van der Waals surface area contributed by atoms with Gasteiger partial charge in [-0.25, -0.2) is 0 Å². The zero-order valence-corrected chi connectivity index (χ0v) is 12.3. The number of anilines is 1. The third kappa shape index (κ3) is 3.11. The smallest absolute Gasteiger partial charge is 0.284 e. The summed E-state index contributed by atoms with van der Waals surface area (Å²) in [6, 6.07) is 4.34. The molecule has 0 N–H and O–H groups in total. The molecule has 2 rings (SSSR count). The molecule has 2 aromatic rings. The molecule has 1 aromatic heterocycles. The van der Waals surface area contributed by atoms with E-state index in [1.54, 1.807) is 6.07 Å². The summed E-state index contributed by atoms with van der Waals surface area (Å²) in [5, 5.41) is 19.7. The van der Waals surface area contributed by atoms with E-state index < -0.39 is 4.92 Å². The van der Waals surface area contributed by atoms with E-state index in [-0.39, 0.29) is 11.3 Å². The van der Waals surface area contributed by atoms with Crippen molar-refractivity contribution in [2.45, 2.75) is 9.24 Å². The van der Waals surface area contributed by atoms with Crippen LogP contribution in [0.25, 0.3) is 0 Å². The number of carbonyl (C=O) groups excluding carboxylic acids is 1. The molecule has 7 nitrogen and oxygen atoms in total. The molecule has 0 bridgehead atoms. The van der Waals surface area contributed by atoms with Gasteiger partial charge in [-0.15, -0.1) is 10.2 Å². The van der Waals surface area contributed by atoms with E-state index in [2.05, 4.69) is 10.2 Å². The van der Waals surface area contributed by atoms with Crippen molar-refractivity contribution in [3.05, 3.63) is 33.9 Å². The van der Waals surface area contributed by atoms with Gasteiger partial charge in [0.2, 0.25) is 5.13 Å². The van der Waals surface area contributed by atoms with Gasteiger partial charge in [-0.2, -0.15) is 0 Å². The third-order valence-corrected chi connectivity index (χ3v) is 4.50. The van der Waals surface area contributed by atoms with Crippen LogP contribution in [-0.2, 0) is 0 Å². The van der Waals surface area contributed by atoms with Crippen LogP contribution in [-0.4, -0.2) is 35.5 Å². The second-order valence-electron chi connectivity index (χ2n) is 3.95. The van der Waals surface area contributed by atoms with E-state index in [0.717, 1.165) is 16.9 Å². The molecule has 0 saturated heterocycles. The molecule has 0 aliphatic heterocycles. The van der Waals surface area contributed by atoms with Crippen LogP contribution in [0.5, 0.6) is 0 Å². The van der Waals surface area contributed by atoms with Crippen LogP contribution < -0.4 is 4.90 Å². The zero-order chi connectivity index (χ0) is 14.7. The molecule has 1 heterocycles. The summed E-state index contributed by atoms with van der Waals surface area (Å²) in [4.78, 5) is 23.4. The van der Waals surface area contributed by atoms with Crippen LogP contribution in [0, 0.1) is 10.1 Å². The van der Waals surface area contributed by atoms with Gasteiger partial charge in [-0.3, -0.25) is 14.9 Å². The van der Waals surface area contributed by atoms with Gasteiger partial charge >= 0.3 is 0 Å². The van der Waals surface area contributed by atoms with Crippen LogP contribution >= 0.6 is 23.1 Å². The highest BCUT2D eigenvalue weighted by Gasteiger charge is 2.18. The number of aromatic nitrogens is 2. The summed E-state index contributed by atoms with van der Waals surface area (Å²) >= 11 is 2.50. The molecular formula is C11H10N4O3S2. The van der Waals surface area contributed by atoms with Crippen LogP contribution in [0.15, 0.2) is 27.4 Å². The normalized spacial score (nSPS) is 10.3. The lowest BCUT2D eigenvalue weighted by molar-refractivity contribution is -0.387. The second-order valence-corrected chi connectivity index (χ2v) is 6.19. The molecule has 0 saturated carbocycles. The first-order chi connectivity index (χ1) is 9.51. The number of hydrogen-bond acceptors (Lipinski definition) is 8. The number of nitrogens with zero attached hydrogens (tertiary/aromatic N) is 4. The summed E-state index contributed by atoms with van der Waals surface area (Å²) in [6.45, 7) is 0. The fourth-order valence-corrected chi connectivity index (χ4v) is 3.16. The lowest BCUT2D eigenvalue weighted by atomic mass is 10.2. The maximum atomic E-state index is 11.0. The monoisotopic (exact) mass is 310 g/mol. The Morgan fingerprint density at radius 2 is 2.15 bits per heavy atom. The number of hydrogen-bond donors (Lipinski definition) is 0. The molecule has 0 amide bonds. The van der Waals surface area contributed by atoms with Crippen molar-refractivity contribution >= 4 is 40.2 Å². The van der Waals surface area contributed by atoms with Crippen molar-refractivity contribution < 1.29 is 9.72 Å². The number of benzene rings is 1. The molecule has 104 valence electrons. The van der Waals surface area contributed by atoms with E-state index >= 15 is 0 Å². The minimum absolute atomic E-state index is 0.110. The maximum absolute atomic E-state index is 11.0. The van der Waals surface area contributed by atoms with Gasteiger partial charge < -0.3 is 4.90 Å². The quantitative estimate of drug-likeness (QED) is 0.476. The summed E-state index contributed by atoms with van der Waals surface area (Å²) in [7, 11) is 3.69. The summed E-state index contributed by atoms with van der Waals surface area (Å²) < 4.78 is 0.607. The largest absolute Gasteiger partial charge is 0.353 e. The predicted octanol–water partition coefficient (Wildman–Crippen LogP) is 2.48. The molecule has 1 aromatic carbocycles. The van der Waals surface area contributed by atoms with Gasteiger partial charge in [0.1, 0.15) is 6.29 Å². The Kier molecular flexibility index (Phi) is 4.30. The average Bonchev–Trinajstić information content (AvgIpc) is 2.87. The van der Waals surface area contributed by atoms with Crippen LogP contribution in [0.4, 0.5) is 10.8 Å². The van der Waals surface area contributed by atoms with E-state index in [0.29, 0.717) is 15.5 Å². The Labute approximate surface area is 122 Å². The molecule has 0 spiro atoms. The van der Waals surface area contributed by atoms with Gasteiger partial charge in [0.15, 0.2) is 4.34 Å². The molecule has 0 atom stereocenters. The van der Waals surface area contributed by atoms with E-state index in [1.807, 2.05) is 19.0 Å². The van der Waals surface area contributed by atoms with Crippen molar-refractivity contribution in [1.82, 2.24) is 10.2 Å². The fraction of sp³-hybridized carbons (Fsp3) is 0.182. The Morgan fingerprint density at radius 3 is 2.70 bits per heavy atom. The third-order valence-electron chi connectivity index (χ3n) is 2.29. The Morgan fingerprint density at radius 1 is 1.40 bits per heavy atom. The Bertz CT molecular complexity index is 657. The first-order valence-corrected chi connectivity index (χ1v) is 7.07. The highest BCUT2D eigenvalue weighted by atomic mass is 32.2. The average molecular weight is 310 g/mol. The number of aldehydes is 1. The van der Waals surface area contributed by atoms with Crippen molar-refractivity contribution in [2.75, 3.05) is 19.0 Å². The highest BCUT2D eigenvalue weighted by Crippen LogP contribution is 2.37. The Balaban J connectivity index is 2.32. The summed E-state index contributed by atoms with van der Waals surface area (Å²) in [5.41, 5.74) is 0.161. The molecule has 0 radical (unpaired) electrons. The van der Waals surface area contributed by atoms with Crippen molar-refractivity contribution in [3.8, 4) is 0 Å². The maximum Gasteiger partial charge on any atom is 0.284 e.